The Kier molecular flexibility index (Phi) is 5.49. The summed E-state index contributed by atoms with van der Waals surface area (Å²) in [6.07, 6.45) is 3.52. The number of rotatable bonds is 6. The number of amides is 1. The minimum Gasteiger partial charge on any atom is -0.379 e. The number of fused-ring (bicyclic) bond motifs is 1. The van der Waals surface area contributed by atoms with E-state index in [0.717, 1.165) is 31.6 Å². The van der Waals surface area contributed by atoms with Crippen molar-refractivity contribution >= 4 is 32.7 Å². The summed E-state index contributed by atoms with van der Waals surface area (Å²) in [6, 6.07) is 11.4. The Bertz CT molecular complexity index is 1270. The van der Waals surface area contributed by atoms with Crippen molar-refractivity contribution in [3.05, 3.63) is 48.8 Å². The van der Waals surface area contributed by atoms with Crippen LogP contribution in [-0.4, -0.2) is 49.3 Å². The first kappa shape index (κ1) is 21.7. The molecule has 0 unspecified atom stereocenters. The van der Waals surface area contributed by atoms with Gasteiger partial charge in [0.2, 0.25) is 5.91 Å². The maximum atomic E-state index is 12.8. The number of carbonyl (C=O) groups excluding carboxylic acids is 1. The van der Waals surface area contributed by atoms with Gasteiger partial charge in [-0.25, -0.2) is 9.66 Å². The van der Waals surface area contributed by atoms with Crippen LogP contribution in [0.1, 0.15) is 26.7 Å². The van der Waals surface area contributed by atoms with Gasteiger partial charge in [0.1, 0.15) is 17.0 Å². The van der Waals surface area contributed by atoms with E-state index in [0.29, 0.717) is 11.0 Å². The highest BCUT2D eigenvalue weighted by Gasteiger charge is 2.30. The largest absolute Gasteiger partial charge is 0.379 e. The number of hydrogen-bond acceptors (Lipinski definition) is 7. The molecule has 33 heavy (non-hydrogen) atoms. The van der Waals surface area contributed by atoms with Crippen molar-refractivity contribution in [1.82, 2.24) is 9.66 Å². The molecule has 2 heterocycles. The topological polar surface area (TPSA) is 103 Å². The third kappa shape index (κ3) is 4.67. The summed E-state index contributed by atoms with van der Waals surface area (Å²) < 4.78 is 38.3. The molecule has 1 amide bonds. The summed E-state index contributed by atoms with van der Waals surface area (Å²) in [5, 5.41) is 0. The molecule has 1 saturated carbocycles. The Morgan fingerprint density at radius 1 is 1.09 bits per heavy atom. The lowest BCUT2D eigenvalue weighted by Gasteiger charge is -2.36. The monoisotopic (exact) mass is 470 g/mol. The molecule has 1 saturated heterocycles. The van der Waals surface area contributed by atoms with Crippen molar-refractivity contribution in [2.75, 3.05) is 23.4 Å². The number of anilines is 1. The smallest absolute Gasteiger partial charge is 0.339 e. The maximum Gasteiger partial charge on any atom is 0.339 e. The van der Waals surface area contributed by atoms with Crippen molar-refractivity contribution < 1.29 is 22.1 Å². The second-order valence-corrected chi connectivity index (χ2v) is 10.3. The summed E-state index contributed by atoms with van der Waals surface area (Å²) in [5.41, 5.74) is 4.92. The molecule has 1 aliphatic carbocycles. The van der Waals surface area contributed by atoms with Crippen LogP contribution < -0.4 is 14.5 Å². The molecule has 2 aromatic carbocycles. The minimum absolute atomic E-state index is 0.0401. The van der Waals surface area contributed by atoms with E-state index in [4.69, 9.17) is 8.92 Å². The molecule has 10 heteroatoms. The Morgan fingerprint density at radius 3 is 2.45 bits per heavy atom. The standard InChI is InChI=1S/C23H26N4O5S/c1-15-12-26(13-16(2)31-15)18-5-8-20(9-6-18)33(29,30)32-19-7-10-22-21(11-19)24-14-27(22)25-23(28)17-3-4-17/h5-11,14-17H,3-4,12-13H2,1-2H3,(H,25,28)/t15-,16+. The van der Waals surface area contributed by atoms with E-state index < -0.39 is 10.1 Å². The van der Waals surface area contributed by atoms with Gasteiger partial charge in [-0.2, -0.15) is 8.42 Å². The van der Waals surface area contributed by atoms with Gasteiger partial charge < -0.3 is 13.8 Å². The van der Waals surface area contributed by atoms with Crippen LogP contribution in [0.4, 0.5) is 5.69 Å². The molecule has 174 valence electrons. The van der Waals surface area contributed by atoms with E-state index in [-0.39, 0.29) is 34.7 Å². The Morgan fingerprint density at radius 2 is 1.79 bits per heavy atom. The number of nitrogens with one attached hydrogen (secondary N) is 1. The Balaban J connectivity index is 1.30. The molecule has 0 bridgehead atoms. The molecule has 2 aliphatic rings. The molecule has 1 N–H and O–H groups in total. The van der Waals surface area contributed by atoms with Crippen LogP contribution in [0.2, 0.25) is 0 Å². The Hall–Kier alpha value is -3.11. The number of morpholine rings is 1. The van der Waals surface area contributed by atoms with Gasteiger partial charge in [0.05, 0.1) is 23.2 Å². The number of aromatic nitrogens is 2. The van der Waals surface area contributed by atoms with Crippen molar-refractivity contribution in [2.24, 2.45) is 5.92 Å². The van der Waals surface area contributed by atoms with Gasteiger partial charge in [-0.15, -0.1) is 0 Å². The molecule has 0 spiro atoms. The van der Waals surface area contributed by atoms with Crippen molar-refractivity contribution in [2.45, 2.75) is 43.8 Å². The van der Waals surface area contributed by atoms with Gasteiger partial charge in [-0.1, -0.05) is 0 Å². The SMILES string of the molecule is C[C@@H]1CN(c2ccc(S(=O)(=O)Oc3ccc4c(c3)ncn4NC(=O)C3CC3)cc2)C[C@H](C)O1. The van der Waals surface area contributed by atoms with Gasteiger partial charge >= 0.3 is 10.1 Å². The van der Waals surface area contributed by atoms with E-state index in [1.54, 1.807) is 41.1 Å². The Labute approximate surface area is 192 Å². The predicted molar refractivity (Wildman–Crippen MR) is 123 cm³/mol. The average Bonchev–Trinajstić information content (AvgIpc) is 3.55. The van der Waals surface area contributed by atoms with Crippen LogP contribution in [0.25, 0.3) is 11.0 Å². The van der Waals surface area contributed by atoms with Crippen molar-refractivity contribution in [3.8, 4) is 5.75 Å². The number of hydrogen-bond donors (Lipinski definition) is 1. The number of benzene rings is 2. The second kappa shape index (κ2) is 8.35. The summed E-state index contributed by atoms with van der Waals surface area (Å²) in [5.74, 6) is 0.180. The zero-order chi connectivity index (χ0) is 23.2. The normalized spacial score (nSPS) is 21.2. The highest BCUT2D eigenvalue weighted by atomic mass is 32.2. The molecule has 0 radical (unpaired) electrons. The van der Waals surface area contributed by atoms with Crippen molar-refractivity contribution in [1.29, 1.82) is 0 Å². The fraction of sp³-hybridized carbons (Fsp3) is 0.391. The third-order valence-electron chi connectivity index (χ3n) is 5.81. The maximum absolute atomic E-state index is 12.8. The molecule has 2 fully saturated rings. The van der Waals surface area contributed by atoms with Crippen LogP contribution in [-0.2, 0) is 19.6 Å². The summed E-state index contributed by atoms with van der Waals surface area (Å²) in [4.78, 5) is 18.5. The summed E-state index contributed by atoms with van der Waals surface area (Å²) >= 11 is 0. The molecule has 1 aliphatic heterocycles. The summed E-state index contributed by atoms with van der Waals surface area (Å²) in [7, 11) is -4.01. The first-order chi connectivity index (χ1) is 15.8. The van der Waals surface area contributed by atoms with E-state index in [9.17, 15) is 13.2 Å². The minimum atomic E-state index is -4.01. The number of nitrogens with zero attached hydrogens (tertiary/aromatic N) is 3. The number of carbonyl (C=O) groups is 1. The quantitative estimate of drug-likeness (QED) is 0.553. The van der Waals surface area contributed by atoms with Crippen LogP contribution in [0, 0.1) is 5.92 Å². The first-order valence-electron chi connectivity index (χ1n) is 11.0. The van der Waals surface area contributed by atoms with Gasteiger partial charge in [0.15, 0.2) is 0 Å². The second-order valence-electron chi connectivity index (χ2n) is 8.71. The van der Waals surface area contributed by atoms with Gasteiger partial charge in [-0.05, 0) is 63.1 Å². The van der Waals surface area contributed by atoms with E-state index >= 15 is 0 Å². The highest BCUT2D eigenvalue weighted by Crippen LogP contribution is 2.30. The van der Waals surface area contributed by atoms with Crippen molar-refractivity contribution in [3.63, 3.8) is 0 Å². The van der Waals surface area contributed by atoms with Crippen LogP contribution in [0.3, 0.4) is 0 Å². The number of ether oxygens (including phenoxy) is 1. The lowest BCUT2D eigenvalue weighted by molar-refractivity contribution is -0.118. The average molecular weight is 471 g/mol. The zero-order valence-corrected chi connectivity index (χ0v) is 19.3. The molecule has 9 nitrogen and oxygen atoms in total. The lowest BCUT2D eigenvalue weighted by Crippen LogP contribution is -2.45. The molecular formula is C23H26N4O5S. The number of imidazole rings is 1. The van der Waals surface area contributed by atoms with Crippen LogP contribution in [0.15, 0.2) is 53.7 Å². The molecular weight excluding hydrogens is 444 g/mol. The third-order valence-corrected chi connectivity index (χ3v) is 7.07. The van der Waals surface area contributed by atoms with Crippen LogP contribution in [0.5, 0.6) is 5.75 Å². The lowest BCUT2D eigenvalue weighted by atomic mass is 10.2. The fourth-order valence-corrected chi connectivity index (χ4v) is 5.00. The fourth-order valence-electron chi connectivity index (χ4n) is 4.08. The molecule has 1 aromatic heterocycles. The predicted octanol–water partition coefficient (Wildman–Crippen LogP) is 2.90. The first-order valence-corrected chi connectivity index (χ1v) is 12.4. The molecule has 2 atom stereocenters. The van der Waals surface area contributed by atoms with E-state index in [1.807, 2.05) is 13.8 Å². The van der Waals surface area contributed by atoms with Gasteiger partial charge in [0.25, 0.3) is 0 Å². The molecule has 3 aromatic rings. The van der Waals surface area contributed by atoms with Gasteiger partial charge in [0, 0.05) is 30.8 Å². The highest BCUT2D eigenvalue weighted by molar-refractivity contribution is 7.87. The zero-order valence-electron chi connectivity index (χ0n) is 18.5. The van der Waals surface area contributed by atoms with E-state index in [1.165, 1.54) is 12.4 Å². The van der Waals surface area contributed by atoms with E-state index in [2.05, 4.69) is 15.3 Å². The summed E-state index contributed by atoms with van der Waals surface area (Å²) in [6.45, 7) is 5.55. The van der Waals surface area contributed by atoms with Crippen LogP contribution >= 0.6 is 0 Å². The molecule has 5 rings (SSSR count). The van der Waals surface area contributed by atoms with Gasteiger partial charge in [-0.3, -0.25) is 10.2 Å².